The van der Waals surface area contributed by atoms with E-state index in [9.17, 15) is 14.0 Å². The van der Waals surface area contributed by atoms with E-state index in [1.54, 1.807) is 22.8 Å². The molecule has 2 aliphatic rings. The van der Waals surface area contributed by atoms with Gasteiger partial charge in [-0.25, -0.2) is 4.39 Å². The number of piperazine rings is 1. The fourth-order valence-electron chi connectivity index (χ4n) is 4.46. The van der Waals surface area contributed by atoms with Crippen molar-refractivity contribution in [3.8, 4) is 0 Å². The van der Waals surface area contributed by atoms with Gasteiger partial charge in [0.15, 0.2) is 5.54 Å². The van der Waals surface area contributed by atoms with E-state index in [0.717, 1.165) is 16.5 Å². The first-order valence-corrected chi connectivity index (χ1v) is 9.84. The van der Waals surface area contributed by atoms with Gasteiger partial charge in [0.05, 0.1) is 18.3 Å². The minimum Gasteiger partial charge on any atom is -0.379 e. The number of rotatable bonds is 5. The number of H-pyrrole nitrogens is 1. The summed E-state index contributed by atoms with van der Waals surface area (Å²) in [6.07, 6.45) is 1.42. The topological polar surface area (TPSA) is 65.6 Å². The first kappa shape index (κ1) is 18.9. The van der Waals surface area contributed by atoms with Crippen molar-refractivity contribution in [2.45, 2.75) is 45.3 Å². The number of carbonyl (C=O) groups is 2. The summed E-state index contributed by atoms with van der Waals surface area (Å²) in [5, 5.41) is 0.790. The highest BCUT2D eigenvalue weighted by atomic mass is 19.1. The van der Waals surface area contributed by atoms with Crippen molar-refractivity contribution in [2.24, 2.45) is 0 Å². The molecule has 0 radical (unpaired) electrons. The van der Waals surface area contributed by atoms with Crippen molar-refractivity contribution in [3.63, 3.8) is 0 Å². The molecule has 0 spiro atoms. The lowest BCUT2D eigenvalue weighted by molar-refractivity contribution is -0.166. The Morgan fingerprint density at radius 1 is 1.32 bits per heavy atom. The number of aromatic nitrogens is 1. The molecule has 1 aromatic heterocycles. The van der Waals surface area contributed by atoms with Crippen LogP contribution in [0.3, 0.4) is 0 Å². The molecule has 1 N–H and O–H groups in total. The summed E-state index contributed by atoms with van der Waals surface area (Å²) >= 11 is 0. The van der Waals surface area contributed by atoms with Gasteiger partial charge in [-0.15, -0.1) is 0 Å². The van der Waals surface area contributed by atoms with E-state index in [1.807, 2.05) is 13.8 Å². The summed E-state index contributed by atoms with van der Waals surface area (Å²) in [5.41, 5.74) is 1.34. The normalized spacial score (nSPS) is 22.2. The van der Waals surface area contributed by atoms with E-state index in [4.69, 9.17) is 4.74 Å². The van der Waals surface area contributed by atoms with Crippen LogP contribution in [0.15, 0.2) is 18.2 Å². The number of carbonyl (C=O) groups excluding carboxylic acids is 2. The van der Waals surface area contributed by atoms with E-state index in [-0.39, 0.29) is 30.3 Å². The lowest BCUT2D eigenvalue weighted by atomic mass is 9.83. The highest BCUT2D eigenvalue weighted by Crippen LogP contribution is 2.42. The predicted molar refractivity (Wildman–Crippen MR) is 103 cm³/mol. The number of hydrogen-bond acceptors (Lipinski definition) is 3. The Morgan fingerprint density at radius 3 is 2.86 bits per heavy atom. The van der Waals surface area contributed by atoms with E-state index < -0.39 is 5.54 Å². The molecule has 6 nitrogen and oxygen atoms in total. The Balaban J connectivity index is 1.67. The average Bonchev–Trinajstić information content (AvgIpc) is 3.02. The molecule has 4 rings (SSSR count). The molecule has 1 aromatic carbocycles. The molecule has 2 aromatic rings. The quantitative estimate of drug-likeness (QED) is 0.802. The largest absolute Gasteiger partial charge is 0.379 e. The number of benzene rings is 1. The number of aromatic amines is 1. The summed E-state index contributed by atoms with van der Waals surface area (Å²) in [6.45, 7) is 7.32. The first-order chi connectivity index (χ1) is 13.3. The number of halogens is 1. The molecule has 1 saturated heterocycles. The number of nitrogens with zero attached hydrogens (tertiary/aromatic N) is 2. The van der Waals surface area contributed by atoms with E-state index in [0.29, 0.717) is 38.2 Å². The third kappa shape index (κ3) is 2.89. The molecule has 7 heteroatoms. The second-order valence-electron chi connectivity index (χ2n) is 8.04. The van der Waals surface area contributed by atoms with Crippen molar-refractivity contribution in [1.82, 2.24) is 14.8 Å². The van der Waals surface area contributed by atoms with Crippen LogP contribution in [0.4, 0.5) is 4.39 Å². The molecular weight excluding hydrogens is 361 g/mol. The van der Waals surface area contributed by atoms with Crippen molar-refractivity contribution >= 4 is 22.7 Å². The van der Waals surface area contributed by atoms with Crippen molar-refractivity contribution in [1.29, 1.82) is 0 Å². The first-order valence-electron chi connectivity index (χ1n) is 9.84. The van der Waals surface area contributed by atoms with Crippen LogP contribution in [0.2, 0.25) is 0 Å². The van der Waals surface area contributed by atoms with Crippen LogP contribution in [0.5, 0.6) is 0 Å². The maximum absolute atomic E-state index is 13.8. The zero-order valence-electron chi connectivity index (χ0n) is 16.5. The van der Waals surface area contributed by atoms with Crippen molar-refractivity contribution in [3.05, 3.63) is 35.3 Å². The van der Waals surface area contributed by atoms with Gasteiger partial charge in [-0.1, -0.05) is 0 Å². The van der Waals surface area contributed by atoms with E-state index in [1.165, 1.54) is 12.1 Å². The van der Waals surface area contributed by atoms with Crippen LogP contribution < -0.4 is 0 Å². The highest BCUT2D eigenvalue weighted by Gasteiger charge is 2.53. The fraction of sp³-hybridized carbons (Fsp3) is 0.524. The van der Waals surface area contributed by atoms with Crippen LogP contribution in [0, 0.1) is 5.82 Å². The highest BCUT2D eigenvalue weighted by molar-refractivity contribution is 6.00. The minimum absolute atomic E-state index is 0.0534. The molecule has 2 amide bonds. The number of ether oxygens (including phenoxy) is 1. The molecule has 0 unspecified atom stereocenters. The molecule has 28 heavy (non-hydrogen) atoms. The molecule has 1 fully saturated rings. The van der Waals surface area contributed by atoms with Crippen LogP contribution in [-0.2, 0) is 26.3 Å². The summed E-state index contributed by atoms with van der Waals surface area (Å²) in [7, 11) is 0. The van der Waals surface area contributed by atoms with Crippen molar-refractivity contribution < 1.29 is 18.7 Å². The third-order valence-electron chi connectivity index (χ3n) is 5.83. The molecule has 2 aliphatic heterocycles. The Hall–Kier alpha value is -2.41. The molecule has 3 heterocycles. The lowest BCUT2D eigenvalue weighted by Gasteiger charge is -2.49. The van der Waals surface area contributed by atoms with Crippen molar-refractivity contribution in [2.75, 3.05) is 26.2 Å². The SMILES string of the molecule is CC(C)OCCCN1CC(=O)N2CCc3c([nH]c4ccc(F)cc34)[C@]2(C)C1=O. The van der Waals surface area contributed by atoms with Crippen LogP contribution in [0.25, 0.3) is 10.9 Å². The maximum Gasteiger partial charge on any atom is 0.254 e. The van der Waals surface area contributed by atoms with Gasteiger partial charge in [-0.05, 0) is 57.4 Å². The zero-order valence-corrected chi connectivity index (χ0v) is 16.5. The van der Waals surface area contributed by atoms with Crippen LogP contribution in [-0.4, -0.2) is 58.9 Å². The summed E-state index contributed by atoms with van der Waals surface area (Å²) < 4.78 is 19.3. The van der Waals surface area contributed by atoms with Crippen LogP contribution >= 0.6 is 0 Å². The number of nitrogens with one attached hydrogen (secondary N) is 1. The Labute approximate surface area is 163 Å². The molecular formula is C21H26FN3O3. The summed E-state index contributed by atoms with van der Waals surface area (Å²) in [5.74, 6) is -0.452. The standard InChI is InChI=1S/C21H26FN3O3/c1-13(2)28-10-4-8-24-12-18(26)25-9-7-15-16-11-14(22)5-6-17(16)23-19(15)21(25,3)20(24)27/h5-6,11,13,23H,4,7-10,12H2,1-3H3/t21-/m1/s1. The van der Waals surface area contributed by atoms with Gasteiger partial charge in [-0.3, -0.25) is 9.59 Å². The second-order valence-corrected chi connectivity index (χ2v) is 8.04. The maximum atomic E-state index is 13.8. The summed E-state index contributed by atoms with van der Waals surface area (Å²) in [6, 6.07) is 4.59. The van der Waals surface area contributed by atoms with E-state index >= 15 is 0 Å². The van der Waals surface area contributed by atoms with Gasteiger partial charge in [0.2, 0.25) is 5.91 Å². The lowest BCUT2D eigenvalue weighted by Crippen LogP contribution is -2.67. The Bertz CT molecular complexity index is 938. The molecule has 0 aliphatic carbocycles. The monoisotopic (exact) mass is 387 g/mol. The number of fused-ring (bicyclic) bond motifs is 5. The minimum atomic E-state index is -1.09. The van der Waals surface area contributed by atoms with Gasteiger partial charge in [-0.2, -0.15) is 0 Å². The van der Waals surface area contributed by atoms with Gasteiger partial charge < -0.3 is 19.5 Å². The van der Waals surface area contributed by atoms with Gasteiger partial charge in [0.25, 0.3) is 5.91 Å². The second kappa shape index (κ2) is 6.88. The third-order valence-corrected chi connectivity index (χ3v) is 5.83. The Kier molecular flexibility index (Phi) is 4.65. The van der Waals surface area contributed by atoms with Gasteiger partial charge in [0, 0.05) is 30.6 Å². The number of hydrogen-bond donors (Lipinski definition) is 1. The average molecular weight is 387 g/mol. The predicted octanol–water partition coefficient (Wildman–Crippen LogP) is 2.56. The smallest absolute Gasteiger partial charge is 0.254 e. The van der Waals surface area contributed by atoms with Gasteiger partial charge >= 0.3 is 0 Å². The summed E-state index contributed by atoms with van der Waals surface area (Å²) in [4.78, 5) is 32.9. The number of amides is 2. The fourth-order valence-corrected chi connectivity index (χ4v) is 4.46. The zero-order chi connectivity index (χ0) is 20.1. The van der Waals surface area contributed by atoms with Gasteiger partial charge in [0.1, 0.15) is 5.82 Å². The molecule has 150 valence electrons. The Morgan fingerprint density at radius 2 is 2.11 bits per heavy atom. The molecule has 0 saturated carbocycles. The molecule has 1 atom stereocenters. The van der Waals surface area contributed by atoms with E-state index in [2.05, 4.69) is 4.98 Å². The van der Waals surface area contributed by atoms with Crippen LogP contribution in [0.1, 0.15) is 38.4 Å². The molecule has 0 bridgehead atoms.